The number of hydrogen-bond acceptors (Lipinski definition) is 2. The van der Waals surface area contributed by atoms with Crippen LogP contribution in [0.2, 0.25) is 10.0 Å². The maximum atomic E-state index is 12.6. The highest BCUT2D eigenvalue weighted by Gasteiger charge is 2.32. The molecule has 0 spiro atoms. The molecule has 19 heavy (non-hydrogen) atoms. The van der Waals surface area contributed by atoms with Crippen LogP contribution in [0.25, 0.3) is 11.3 Å². The number of nitrogens with one attached hydrogen (secondary N) is 1. The number of halogens is 5. The van der Waals surface area contributed by atoms with Gasteiger partial charge in [-0.15, -0.1) is 0 Å². The maximum absolute atomic E-state index is 12.6. The van der Waals surface area contributed by atoms with Crippen molar-refractivity contribution in [3.05, 3.63) is 39.5 Å². The Labute approximate surface area is 115 Å². The summed E-state index contributed by atoms with van der Waals surface area (Å²) in [4.78, 5) is 10.8. The molecular weight excluding hydrogens is 304 g/mol. The highest BCUT2D eigenvalue weighted by molar-refractivity contribution is 6.39. The van der Waals surface area contributed by atoms with Crippen molar-refractivity contribution in [2.75, 3.05) is 0 Å². The number of aromatic nitrogens is 2. The van der Waals surface area contributed by atoms with E-state index in [2.05, 4.69) is 10.2 Å². The smallest absolute Gasteiger partial charge is 0.298 e. The second-order valence-corrected chi connectivity index (χ2v) is 4.45. The first-order valence-corrected chi connectivity index (χ1v) is 5.65. The van der Waals surface area contributed by atoms with Gasteiger partial charge < -0.3 is 0 Å². The zero-order valence-corrected chi connectivity index (χ0v) is 10.6. The zero-order chi connectivity index (χ0) is 14.2. The molecule has 3 nitrogen and oxygen atoms in total. The van der Waals surface area contributed by atoms with E-state index in [0.29, 0.717) is 6.29 Å². The Morgan fingerprint density at radius 3 is 2.26 bits per heavy atom. The first kappa shape index (κ1) is 13.9. The molecule has 0 saturated carbocycles. The summed E-state index contributed by atoms with van der Waals surface area (Å²) in [5, 5.41) is 5.68. The van der Waals surface area contributed by atoms with Gasteiger partial charge in [0.1, 0.15) is 0 Å². The van der Waals surface area contributed by atoms with Crippen LogP contribution >= 0.6 is 23.2 Å². The maximum Gasteiger partial charge on any atom is 0.416 e. The number of aromatic amines is 1. The van der Waals surface area contributed by atoms with E-state index in [4.69, 9.17) is 23.2 Å². The third-order valence-corrected chi connectivity index (χ3v) is 3.01. The molecule has 1 N–H and O–H groups in total. The molecule has 1 aromatic carbocycles. The average molecular weight is 309 g/mol. The Kier molecular flexibility index (Phi) is 3.56. The second-order valence-electron chi connectivity index (χ2n) is 3.63. The minimum Gasteiger partial charge on any atom is -0.298 e. The van der Waals surface area contributed by atoms with Crippen molar-refractivity contribution in [2.24, 2.45) is 0 Å². The van der Waals surface area contributed by atoms with Gasteiger partial charge in [-0.25, -0.2) is 0 Å². The van der Waals surface area contributed by atoms with Gasteiger partial charge in [0.15, 0.2) is 6.29 Å². The molecule has 0 aliphatic heterocycles. The SMILES string of the molecule is O=Cc1cn[nH]c1-c1c(Cl)cc(C(F)(F)F)cc1Cl. The number of hydrogen-bond donors (Lipinski definition) is 1. The number of carbonyl (C=O) groups is 1. The Morgan fingerprint density at radius 1 is 1.21 bits per heavy atom. The van der Waals surface area contributed by atoms with E-state index in [-0.39, 0.29) is 26.9 Å². The molecule has 0 radical (unpaired) electrons. The van der Waals surface area contributed by atoms with Crippen molar-refractivity contribution in [1.29, 1.82) is 0 Å². The van der Waals surface area contributed by atoms with E-state index < -0.39 is 11.7 Å². The largest absolute Gasteiger partial charge is 0.416 e. The van der Waals surface area contributed by atoms with E-state index >= 15 is 0 Å². The number of aldehydes is 1. The van der Waals surface area contributed by atoms with Crippen molar-refractivity contribution >= 4 is 29.5 Å². The number of alkyl halides is 3. The highest BCUT2D eigenvalue weighted by atomic mass is 35.5. The molecule has 0 unspecified atom stereocenters. The number of carbonyl (C=O) groups excluding carboxylic acids is 1. The van der Waals surface area contributed by atoms with Gasteiger partial charge in [-0.3, -0.25) is 9.89 Å². The molecule has 1 heterocycles. The highest BCUT2D eigenvalue weighted by Crippen LogP contribution is 2.40. The number of rotatable bonds is 2. The van der Waals surface area contributed by atoms with Crippen molar-refractivity contribution < 1.29 is 18.0 Å². The van der Waals surface area contributed by atoms with Gasteiger partial charge in [0.25, 0.3) is 0 Å². The molecule has 0 amide bonds. The van der Waals surface area contributed by atoms with Crippen molar-refractivity contribution in [3.63, 3.8) is 0 Å². The normalized spacial score (nSPS) is 11.6. The van der Waals surface area contributed by atoms with Crippen LogP contribution in [-0.2, 0) is 6.18 Å². The average Bonchev–Trinajstić information content (AvgIpc) is 2.75. The molecule has 100 valence electrons. The van der Waals surface area contributed by atoms with Crippen LogP contribution < -0.4 is 0 Å². The van der Waals surface area contributed by atoms with Crippen LogP contribution in [0.3, 0.4) is 0 Å². The number of nitrogens with zero attached hydrogens (tertiary/aromatic N) is 1. The van der Waals surface area contributed by atoms with Crippen LogP contribution in [-0.4, -0.2) is 16.5 Å². The zero-order valence-electron chi connectivity index (χ0n) is 9.05. The van der Waals surface area contributed by atoms with E-state index in [1.165, 1.54) is 6.20 Å². The summed E-state index contributed by atoms with van der Waals surface area (Å²) in [6.45, 7) is 0. The molecule has 2 rings (SSSR count). The van der Waals surface area contributed by atoms with Gasteiger partial charge in [-0.1, -0.05) is 23.2 Å². The summed E-state index contributed by atoms with van der Waals surface area (Å²) in [6.07, 6.45) is -2.82. The molecule has 0 saturated heterocycles. The Bertz CT molecular complexity index is 614. The molecule has 0 aliphatic rings. The summed E-state index contributed by atoms with van der Waals surface area (Å²) in [6, 6.07) is 1.50. The fourth-order valence-electron chi connectivity index (χ4n) is 1.56. The molecule has 0 atom stereocenters. The first-order chi connectivity index (χ1) is 8.84. The van der Waals surface area contributed by atoms with E-state index in [0.717, 1.165) is 12.1 Å². The van der Waals surface area contributed by atoms with Gasteiger partial charge in [0, 0.05) is 5.56 Å². The van der Waals surface area contributed by atoms with Gasteiger partial charge in [0.05, 0.1) is 33.1 Å². The van der Waals surface area contributed by atoms with Crippen LogP contribution in [0.5, 0.6) is 0 Å². The van der Waals surface area contributed by atoms with Gasteiger partial charge >= 0.3 is 6.18 Å². The van der Waals surface area contributed by atoms with Gasteiger partial charge in [-0.2, -0.15) is 18.3 Å². The van der Waals surface area contributed by atoms with Crippen LogP contribution in [0, 0.1) is 0 Å². The molecule has 2 aromatic rings. The summed E-state index contributed by atoms with van der Waals surface area (Å²) in [5.74, 6) is 0. The summed E-state index contributed by atoms with van der Waals surface area (Å²) >= 11 is 11.6. The van der Waals surface area contributed by atoms with Crippen LogP contribution in [0.4, 0.5) is 13.2 Å². The summed E-state index contributed by atoms with van der Waals surface area (Å²) in [7, 11) is 0. The topological polar surface area (TPSA) is 45.8 Å². The van der Waals surface area contributed by atoms with Crippen molar-refractivity contribution in [2.45, 2.75) is 6.18 Å². The van der Waals surface area contributed by atoms with E-state index in [1.54, 1.807) is 0 Å². The summed E-state index contributed by atoms with van der Waals surface area (Å²) in [5.41, 5.74) is -0.517. The lowest BCUT2D eigenvalue weighted by molar-refractivity contribution is -0.137. The van der Waals surface area contributed by atoms with E-state index in [1.807, 2.05) is 0 Å². The third-order valence-electron chi connectivity index (χ3n) is 2.42. The predicted octanol–water partition coefficient (Wildman–Crippen LogP) is 4.21. The lowest BCUT2D eigenvalue weighted by Crippen LogP contribution is -2.05. The van der Waals surface area contributed by atoms with Crippen LogP contribution in [0.15, 0.2) is 18.3 Å². The summed E-state index contributed by atoms with van der Waals surface area (Å²) < 4.78 is 37.7. The van der Waals surface area contributed by atoms with Crippen molar-refractivity contribution in [1.82, 2.24) is 10.2 Å². The molecule has 1 aromatic heterocycles. The minimum absolute atomic E-state index is 0.107. The van der Waals surface area contributed by atoms with Crippen LogP contribution in [0.1, 0.15) is 15.9 Å². The third kappa shape index (κ3) is 2.59. The van der Waals surface area contributed by atoms with E-state index in [9.17, 15) is 18.0 Å². The molecule has 0 aliphatic carbocycles. The minimum atomic E-state index is -4.55. The Balaban J connectivity index is 2.64. The quantitative estimate of drug-likeness (QED) is 0.844. The molecule has 0 fully saturated rings. The number of H-pyrrole nitrogens is 1. The standard InChI is InChI=1S/C11H5Cl2F3N2O/c12-7-1-6(11(14,15)16)2-8(13)9(7)10-5(4-19)3-17-18-10/h1-4H,(H,17,18). The van der Waals surface area contributed by atoms with Crippen molar-refractivity contribution in [3.8, 4) is 11.3 Å². The first-order valence-electron chi connectivity index (χ1n) is 4.89. The number of benzene rings is 1. The predicted molar refractivity (Wildman–Crippen MR) is 64.4 cm³/mol. The molecular formula is C11H5Cl2F3N2O. The Morgan fingerprint density at radius 2 is 1.79 bits per heavy atom. The lowest BCUT2D eigenvalue weighted by atomic mass is 10.1. The van der Waals surface area contributed by atoms with Gasteiger partial charge in [-0.05, 0) is 12.1 Å². The van der Waals surface area contributed by atoms with Gasteiger partial charge in [0.2, 0.25) is 0 Å². The monoisotopic (exact) mass is 308 g/mol. The molecule has 8 heteroatoms. The fraction of sp³-hybridized carbons (Fsp3) is 0.0909. The Hall–Kier alpha value is -1.53. The lowest BCUT2D eigenvalue weighted by Gasteiger charge is -2.11. The second kappa shape index (κ2) is 4.86. The fourth-order valence-corrected chi connectivity index (χ4v) is 2.24. The molecule has 0 bridgehead atoms.